The number of aromatic nitrogens is 1. The van der Waals surface area contributed by atoms with Crippen molar-refractivity contribution in [2.75, 3.05) is 19.6 Å². The Morgan fingerprint density at radius 3 is 2.43 bits per heavy atom. The van der Waals surface area contributed by atoms with Gasteiger partial charge in [-0.15, -0.1) is 0 Å². The van der Waals surface area contributed by atoms with E-state index in [4.69, 9.17) is 0 Å². The van der Waals surface area contributed by atoms with E-state index in [0.29, 0.717) is 0 Å². The van der Waals surface area contributed by atoms with Gasteiger partial charge < -0.3 is 20.2 Å². The molecule has 1 aromatic carbocycles. The first kappa shape index (κ1) is 26.1. The number of urea groups is 2. The number of hydrogen-bond acceptors (Lipinski definition) is 5. The average molecular weight is 508 g/mol. The quantitative estimate of drug-likeness (QED) is 0.614. The van der Waals surface area contributed by atoms with E-state index in [1.54, 1.807) is 17.2 Å². The van der Waals surface area contributed by atoms with Crippen LogP contribution in [0.2, 0.25) is 0 Å². The van der Waals surface area contributed by atoms with Crippen LogP contribution in [0.5, 0.6) is 0 Å². The van der Waals surface area contributed by atoms with E-state index in [1.807, 2.05) is 64.1 Å². The Morgan fingerprint density at radius 1 is 1.11 bits per heavy atom. The number of nitrogens with zero attached hydrogens (tertiary/aromatic N) is 4. The monoisotopic (exact) mass is 507 g/mol. The molecule has 2 aliphatic rings. The van der Waals surface area contributed by atoms with Crippen molar-refractivity contribution in [2.45, 2.75) is 51.7 Å². The minimum atomic E-state index is -1.26. The number of rotatable bonds is 4. The number of carboxylic acid groups (broad SMARTS) is 1. The van der Waals surface area contributed by atoms with Gasteiger partial charge in [-0.3, -0.25) is 9.78 Å². The molecule has 0 aliphatic carbocycles. The molecule has 0 saturated carbocycles. The molecule has 2 aliphatic heterocycles. The molecule has 1 aromatic heterocycles. The maximum absolute atomic E-state index is 13.7. The molecule has 0 bridgehead atoms. The predicted molar refractivity (Wildman–Crippen MR) is 136 cm³/mol. The molecule has 4 rings (SSSR count). The van der Waals surface area contributed by atoms with E-state index in [1.165, 1.54) is 4.90 Å². The van der Waals surface area contributed by atoms with Gasteiger partial charge in [0.2, 0.25) is 5.91 Å². The Morgan fingerprint density at radius 2 is 1.81 bits per heavy atom. The largest absolute Gasteiger partial charge is 0.480 e. The number of hydrogen-bond donors (Lipinski definition) is 2. The zero-order valence-corrected chi connectivity index (χ0v) is 21.5. The standard InChI is InChI=1S/C27H33N5O5/c1-17-14-18(10-11-28-17)15-20-22(24(34)35)32(23(20)33)26(37)31-13-12-30(25(36)29-27(2,3)4)16-21(31)19-8-6-5-7-9-19/h5-11,14,20-22H,12-13,15-16H2,1-4H3,(H,29,36)(H,34,35)/t20-,21?,22+/m1/s1. The minimum Gasteiger partial charge on any atom is -0.480 e. The van der Waals surface area contributed by atoms with Crippen LogP contribution in [-0.4, -0.2) is 79.9 Å². The molecule has 2 saturated heterocycles. The highest BCUT2D eigenvalue weighted by molar-refractivity contribution is 6.07. The second kappa shape index (κ2) is 10.2. The maximum atomic E-state index is 13.7. The normalized spacial score (nSPS) is 21.9. The first-order valence-electron chi connectivity index (χ1n) is 12.4. The predicted octanol–water partition coefficient (Wildman–Crippen LogP) is 2.83. The molecule has 2 aromatic rings. The third-order valence-corrected chi connectivity index (χ3v) is 6.67. The van der Waals surface area contributed by atoms with Crippen LogP contribution in [0.4, 0.5) is 9.59 Å². The van der Waals surface area contributed by atoms with Crippen LogP contribution < -0.4 is 5.32 Å². The van der Waals surface area contributed by atoms with Gasteiger partial charge in [-0.2, -0.15) is 0 Å². The number of nitrogens with one attached hydrogen (secondary N) is 1. The summed E-state index contributed by atoms with van der Waals surface area (Å²) < 4.78 is 0. The summed E-state index contributed by atoms with van der Waals surface area (Å²) in [7, 11) is 0. The van der Waals surface area contributed by atoms with Crippen LogP contribution in [0.15, 0.2) is 48.7 Å². The molecular weight excluding hydrogens is 474 g/mol. The smallest absolute Gasteiger partial charge is 0.328 e. The number of β-lactam (4-membered cyclic amide) rings is 1. The van der Waals surface area contributed by atoms with Crippen molar-refractivity contribution in [1.29, 1.82) is 0 Å². The molecule has 2 fully saturated rings. The molecular formula is C27H33N5O5. The van der Waals surface area contributed by atoms with Gasteiger partial charge in [0, 0.05) is 37.1 Å². The minimum absolute atomic E-state index is 0.167. The second-order valence-electron chi connectivity index (χ2n) is 10.6. The van der Waals surface area contributed by atoms with Gasteiger partial charge in [0.25, 0.3) is 0 Å². The van der Waals surface area contributed by atoms with E-state index in [9.17, 15) is 24.3 Å². The number of carbonyl (C=O) groups is 4. The highest BCUT2D eigenvalue weighted by Gasteiger charge is 2.56. The first-order valence-corrected chi connectivity index (χ1v) is 12.4. The highest BCUT2D eigenvalue weighted by atomic mass is 16.4. The van der Waals surface area contributed by atoms with Gasteiger partial charge in [-0.1, -0.05) is 30.3 Å². The Hall–Kier alpha value is -3.95. The molecule has 37 heavy (non-hydrogen) atoms. The number of aryl methyl sites for hydroxylation is 1. The van der Waals surface area contributed by atoms with Gasteiger partial charge >= 0.3 is 18.0 Å². The van der Waals surface area contributed by atoms with Crippen molar-refractivity contribution in [3.05, 3.63) is 65.5 Å². The summed E-state index contributed by atoms with van der Waals surface area (Å²) in [4.78, 5) is 60.0. The molecule has 0 radical (unpaired) electrons. The van der Waals surface area contributed by atoms with E-state index in [2.05, 4.69) is 10.3 Å². The third-order valence-electron chi connectivity index (χ3n) is 6.67. The lowest BCUT2D eigenvalue weighted by Gasteiger charge is -2.48. The third kappa shape index (κ3) is 5.58. The summed E-state index contributed by atoms with van der Waals surface area (Å²) in [6.07, 6.45) is 1.83. The maximum Gasteiger partial charge on any atom is 0.328 e. The number of imide groups is 1. The summed E-state index contributed by atoms with van der Waals surface area (Å²) in [6.45, 7) is 8.15. The van der Waals surface area contributed by atoms with Crippen molar-refractivity contribution in [3.63, 3.8) is 0 Å². The van der Waals surface area contributed by atoms with Crippen LogP contribution >= 0.6 is 0 Å². The van der Waals surface area contributed by atoms with Gasteiger partial charge in [0.15, 0.2) is 6.04 Å². The van der Waals surface area contributed by atoms with E-state index in [0.717, 1.165) is 21.7 Å². The fourth-order valence-corrected chi connectivity index (χ4v) is 4.92. The van der Waals surface area contributed by atoms with Crippen LogP contribution in [0, 0.1) is 12.8 Å². The summed E-state index contributed by atoms with van der Waals surface area (Å²) in [5, 5.41) is 12.9. The Kier molecular flexibility index (Phi) is 7.20. The summed E-state index contributed by atoms with van der Waals surface area (Å²) >= 11 is 0. The molecule has 3 atom stereocenters. The molecule has 1 unspecified atom stereocenters. The topological polar surface area (TPSA) is 123 Å². The van der Waals surface area contributed by atoms with Crippen molar-refractivity contribution in [3.8, 4) is 0 Å². The summed E-state index contributed by atoms with van der Waals surface area (Å²) in [5.74, 6) is -2.56. The Balaban J connectivity index is 1.56. The van der Waals surface area contributed by atoms with E-state index in [-0.39, 0.29) is 32.1 Å². The Bertz CT molecular complexity index is 1200. The number of carboxylic acids is 1. The van der Waals surface area contributed by atoms with Crippen molar-refractivity contribution >= 4 is 23.9 Å². The number of likely N-dealkylation sites (tertiary alicyclic amines) is 1. The fraction of sp³-hybridized carbons (Fsp3) is 0.444. The van der Waals surface area contributed by atoms with Gasteiger partial charge in [0.05, 0.1) is 12.0 Å². The molecule has 196 valence electrons. The van der Waals surface area contributed by atoms with Crippen molar-refractivity contribution < 1.29 is 24.3 Å². The molecule has 0 spiro atoms. The number of benzene rings is 1. The van der Waals surface area contributed by atoms with Crippen LogP contribution in [0.1, 0.15) is 43.6 Å². The van der Waals surface area contributed by atoms with Gasteiger partial charge in [-0.05, 0) is 57.4 Å². The highest BCUT2D eigenvalue weighted by Crippen LogP contribution is 2.35. The van der Waals surface area contributed by atoms with Crippen molar-refractivity contribution in [2.24, 2.45) is 5.92 Å². The molecule has 3 heterocycles. The van der Waals surface area contributed by atoms with E-state index >= 15 is 0 Å². The molecule has 5 amide bonds. The number of aliphatic carboxylic acids is 1. The van der Waals surface area contributed by atoms with Gasteiger partial charge in [-0.25, -0.2) is 19.3 Å². The van der Waals surface area contributed by atoms with E-state index < -0.39 is 41.4 Å². The number of amides is 5. The van der Waals surface area contributed by atoms with Crippen molar-refractivity contribution in [1.82, 2.24) is 25.0 Å². The van der Waals surface area contributed by atoms with Crippen LogP contribution in [0.25, 0.3) is 0 Å². The molecule has 10 nitrogen and oxygen atoms in total. The first-order chi connectivity index (χ1) is 17.5. The summed E-state index contributed by atoms with van der Waals surface area (Å²) in [5.41, 5.74) is 1.94. The fourth-order valence-electron chi connectivity index (χ4n) is 4.92. The second-order valence-corrected chi connectivity index (χ2v) is 10.6. The lowest BCUT2D eigenvalue weighted by Crippen LogP contribution is -2.70. The molecule has 10 heteroatoms. The number of carbonyl (C=O) groups excluding carboxylic acids is 3. The lowest BCUT2D eigenvalue weighted by molar-refractivity contribution is -0.166. The number of piperazine rings is 1. The van der Waals surface area contributed by atoms with Crippen LogP contribution in [0.3, 0.4) is 0 Å². The summed E-state index contributed by atoms with van der Waals surface area (Å²) in [6, 6.07) is 10.1. The zero-order valence-electron chi connectivity index (χ0n) is 21.5. The molecule has 2 N–H and O–H groups in total. The van der Waals surface area contributed by atoms with Gasteiger partial charge in [0.1, 0.15) is 0 Å². The lowest BCUT2D eigenvalue weighted by atomic mass is 9.82. The van der Waals surface area contributed by atoms with Crippen LogP contribution in [-0.2, 0) is 16.0 Å². The zero-order chi connectivity index (χ0) is 26.9. The number of pyridine rings is 1. The SMILES string of the molecule is Cc1cc(C[C@H]2C(=O)N(C(=O)N3CCN(C(=O)NC(C)(C)C)CC3c3ccccc3)[C@@H]2C(=O)O)ccn1. The Labute approximate surface area is 216 Å². The average Bonchev–Trinajstić information content (AvgIpc) is 2.84.